The second-order valence-electron chi connectivity index (χ2n) is 7.60. The highest BCUT2D eigenvalue weighted by atomic mass is 32.1. The minimum Gasteiger partial charge on any atom is -0.463 e. The van der Waals surface area contributed by atoms with Crippen molar-refractivity contribution >= 4 is 23.1 Å². The second-order valence-corrected chi connectivity index (χ2v) is 8.92. The molecular weight excluding hydrogens is 334 g/mol. The molecule has 2 heterocycles. The minimum atomic E-state index is -0.340. The van der Waals surface area contributed by atoms with Crippen LogP contribution in [0.2, 0.25) is 0 Å². The number of dihydropyridines is 1. The average Bonchev–Trinajstić information content (AvgIpc) is 2.90. The van der Waals surface area contributed by atoms with Gasteiger partial charge in [-0.15, -0.1) is 11.3 Å². The predicted octanol–water partition coefficient (Wildman–Crippen LogP) is 4.22. The van der Waals surface area contributed by atoms with Gasteiger partial charge >= 0.3 is 5.97 Å². The molecular formula is C20H25NO3S. The van der Waals surface area contributed by atoms with E-state index in [2.05, 4.69) is 19.2 Å². The van der Waals surface area contributed by atoms with Crippen molar-refractivity contribution < 1.29 is 14.3 Å². The van der Waals surface area contributed by atoms with Crippen LogP contribution in [0.4, 0.5) is 0 Å². The van der Waals surface area contributed by atoms with Crippen molar-refractivity contribution in [3.63, 3.8) is 0 Å². The van der Waals surface area contributed by atoms with E-state index < -0.39 is 0 Å². The van der Waals surface area contributed by atoms with E-state index in [1.165, 1.54) is 4.88 Å². The van der Waals surface area contributed by atoms with Gasteiger partial charge in [-0.3, -0.25) is 4.79 Å². The monoisotopic (exact) mass is 359 g/mol. The van der Waals surface area contributed by atoms with Crippen molar-refractivity contribution in [3.8, 4) is 0 Å². The van der Waals surface area contributed by atoms with Gasteiger partial charge in [0.2, 0.25) is 0 Å². The molecule has 0 radical (unpaired) electrons. The van der Waals surface area contributed by atoms with Crippen LogP contribution in [0, 0.1) is 12.3 Å². The van der Waals surface area contributed by atoms with Crippen molar-refractivity contribution in [2.45, 2.75) is 53.4 Å². The van der Waals surface area contributed by atoms with Gasteiger partial charge in [0.05, 0.1) is 18.1 Å². The van der Waals surface area contributed by atoms with Gasteiger partial charge in [0.1, 0.15) is 0 Å². The summed E-state index contributed by atoms with van der Waals surface area (Å²) in [5, 5.41) is 3.34. The van der Waals surface area contributed by atoms with Crippen LogP contribution in [0.5, 0.6) is 0 Å². The van der Waals surface area contributed by atoms with E-state index in [4.69, 9.17) is 4.74 Å². The van der Waals surface area contributed by atoms with Crippen LogP contribution in [0.1, 0.15) is 56.2 Å². The fourth-order valence-corrected chi connectivity index (χ4v) is 4.81. The first kappa shape index (κ1) is 17.9. The van der Waals surface area contributed by atoms with Crippen molar-refractivity contribution in [1.29, 1.82) is 0 Å². The summed E-state index contributed by atoms with van der Waals surface area (Å²) < 4.78 is 5.30. The molecule has 25 heavy (non-hydrogen) atoms. The van der Waals surface area contributed by atoms with Gasteiger partial charge in [0, 0.05) is 33.1 Å². The van der Waals surface area contributed by atoms with Gasteiger partial charge in [0.25, 0.3) is 0 Å². The summed E-state index contributed by atoms with van der Waals surface area (Å²) in [5.74, 6) is -0.533. The first-order valence-corrected chi connectivity index (χ1v) is 9.52. The lowest BCUT2D eigenvalue weighted by Crippen LogP contribution is -2.38. The lowest BCUT2D eigenvalue weighted by Gasteiger charge is -2.39. The topological polar surface area (TPSA) is 55.4 Å². The van der Waals surface area contributed by atoms with Crippen molar-refractivity contribution in [2.75, 3.05) is 6.61 Å². The SMILES string of the molecule is CCOC(=O)C1=C(C)NC2=C(C(=O)CC(C)(C)C2)C1c1ccc(C)s1. The summed E-state index contributed by atoms with van der Waals surface area (Å²) in [7, 11) is 0. The third-order valence-electron chi connectivity index (χ3n) is 4.78. The summed E-state index contributed by atoms with van der Waals surface area (Å²) in [5.41, 5.74) is 2.99. The van der Waals surface area contributed by atoms with Crippen LogP contribution >= 0.6 is 11.3 Å². The van der Waals surface area contributed by atoms with E-state index >= 15 is 0 Å². The van der Waals surface area contributed by atoms with Crippen molar-refractivity contribution in [2.24, 2.45) is 5.41 Å². The zero-order valence-electron chi connectivity index (χ0n) is 15.5. The highest BCUT2D eigenvalue weighted by Crippen LogP contribution is 2.47. The van der Waals surface area contributed by atoms with Crippen molar-refractivity contribution in [3.05, 3.63) is 44.4 Å². The van der Waals surface area contributed by atoms with Gasteiger partial charge in [0.15, 0.2) is 5.78 Å². The number of Topliss-reactive ketones (excluding diaryl/α,β-unsaturated/α-hetero) is 1. The number of carbonyl (C=O) groups is 2. The Labute approximate surface area is 153 Å². The molecule has 2 aliphatic rings. The molecule has 134 valence electrons. The number of thiophene rings is 1. The second kappa shape index (κ2) is 6.45. The Morgan fingerprint density at radius 3 is 2.64 bits per heavy atom. The zero-order valence-corrected chi connectivity index (χ0v) is 16.3. The Balaban J connectivity index is 2.15. The molecule has 1 N–H and O–H groups in total. The first-order chi connectivity index (χ1) is 11.7. The number of ether oxygens (including phenoxy) is 1. The fourth-order valence-electron chi connectivity index (χ4n) is 3.81. The number of ketones is 1. The van der Waals surface area contributed by atoms with Crippen LogP contribution in [-0.2, 0) is 14.3 Å². The van der Waals surface area contributed by atoms with Crippen LogP contribution in [0.15, 0.2) is 34.7 Å². The molecule has 1 aromatic rings. The van der Waals surface area contributed by atoms with Crippen LogP contribution in [0.3, 0.4) is 0 Å². The maximum atomic E-state index is 13.0. The largest absolute Gasteiger partial charge is 0.463 e. The van der Waals surface area contributed by atoms with E-state index in [1.807, 2.05) is 26.0 Å². The summed E-state index contributed by atoms with van der Waals surface area (Å²) in [6.07, 6.45) is 1.31. The van der Waals surface area contributed by atoms with Gasteiger partial charge in [-0.25, -0.2) is 4.79 Å². The fraction of sp³-hybridized carbons (Fsp3) is 0.500. The number of carbonyl (C=O) groups excluding carboxylic acids is 2. The Bertz CT molecular complexity index is 798. The smallest absolute Gasteiger partial charge is 0.336 e. The number of rotatable bonds is 3. The predicted molar refractivity (Wildman–Crippen MR) is 99.3 cm³/mol. The quantitative estimate of drug-likeness (QED) is 0.821. The third-order valence-corrected chi connectivity index (χ3v) is 5.85. The van der Waals surface area contributed by atoms with Gasteiger partial charge < -0.3 is 10.1 Å². The molecule has 5 heteroatoms. The summed E-state index contributed by atoms with van der Waals surface area (Å²) in [6.45, 7) is 10.3. The minimum absolute atomic E-state index is 0.0689. The van der Waals surface area contributed by atoms with Gasteiger partial charge in [-0.05, 0) is 44.7 Å². The molecule has 0 spiro atoms. The Hall–Kier alpha value is -1.88. The molecule has 0 aromatic carbocycles. The standard InChI is InChI=1S/C20H25NO3S/c1-6-24-19(23)16-12(3)21-13-9-20(4,5)10-14(22)17(13)18(16)15-8-7-11(2)25-15/h7-8,18,21H,6,9-10H2,1-5H3. The van der Waals surface area contributed by atoms with E-state index in [9.17, 15) is 9.59 Å². The third kappa shape index (κ3) is 3.30. The number of esters is 1. The molecule has 0 amide bonds. The molecule has 1 aliphatic carbocycles. The average molecular weight is 359 g/mol. The van der Waals surface area contributed by atoms with E-state index in [0.29, 0.717) is 18.6 Å². The Morgan fingerprint density at radius 2 is 2.04 bits per heavy atom. The number of allylic oxidation sites excluding steroid dienone is 3. The molecule has 1 atom stereocenters. The summed E-state index contributed by atoms with van der Waals surface area (Å²) in [4.78, 5) is 27.9. The molecule has 1 unspecified atom stereocenters. The van der Waals surface area contributed by atoms with E-state index in [-0.39, 0.29) is 23.1 Å². The van der Waals surface area contributed by atoms with Crippen molar-refractivity contribution in [1.82, 2.24) is 5.32 Å². The Kier molecular flexibility index (Phi) is 4.62. The summed E-state index contributed by atoms with van der Waals surface area (Å²) >= 11 is 1.64. The lowest BCUT2D eigenvalue weighted by molar-refractivity contribution is -0.138. The molecule has 4 nitrogen and oxygen atoms in total. The molecule has 0 saturated carbocycles. The van der Waals surface area contributed by atoms with Crippen LogP contribution in [-0.4, -0.2) is 18.4 Å². The van der Waals surface area contributed by atoms with E-state index in [1.54, 1.807) is 18.3 Å². The molecule has 3 rings (SSSR count). The maximum absolute atomic E-state index is 13.0. The van der Waals surface area contributed by atoms with Crippen LogP contribution < -0.4 is 5.32 Å². The number of aryl methyl sites for hydroxylation is 1. The number of nitrogens with one attached hydrogen (secondary N) is 1. The molecule has 1 aliphatic heterocycles. The van der Waals surface area contributed by atoms with Gasteiger partial charge in [-0.2, -0.15) is 0 Å². The number of hydrogen-bond acceptors (Lipinski definition) is 5. The summed E-state index contributed by atoms with van der Waals surface area (Å²) in [6, 6.07) is 4.07. The maximum Gasteiger partial charge on any atom is 0.336 e. The normalized spacial score (nSPS) is 22.6. The van der Waals surface area contributed by atoms with Gasteiger partial charge in [-0.1, -0.05) is 13.8 Å². The highest BCUT2D eigenvalue weighted by Gasteiger charge is 2.43. The highest BCUT2D eigenvalue weighted by molar-refractivity contribution is 7.12. The molecule has 0 fully saturated rings. The van der Waals surface area contributed by atoms with E-state index in [0.717, 1.165) is 28.3 Å². The lowest BCUT2D eigenvalue weighted by atomic mass is 9.70. The Morgan fingerprint density at radius 1 is 1.32 bits per heavy atom. The molecule has 1 aromatic heterocycles. The van der Waals surface area contributed by atoms with Crippen LogP contribution in [0.25, 0.3) is 0 Å². The zero-order chi connectivity index (χ0) is 18.4. The first-order valence-electron chi connectivity index (χ1n) is 8.71. The number of hydrogen-bond donors (Lipinski definition) is 1. The molecule has 0 saturated heterocycles. The molecule has 0 bridgehead atoms.